The maximum absolute atomic E-state index is 13.6. The lowest BCUT2D eigenvalue weighted by atomic mass is 9.89. The van der Waals surface area contributed by atoms with Gasteiger partial charge in [0.15, 0.2) is 5.65 Å². The molecule has 3 heterocycles. The number of hydrogen-bond donors (Lipinski definition) is 1. The van der Waals surface area contributed by atoms with Crippen LogP contribution in [0.2, 0.25) is 0 Å². The molecule has 0 radical (unpaired) electrons. The largest absolute Gasteiger partial charge is 0.365 e. The smallest absolute Gasteiger partial charge is 0.254 e. The summed E-state index contributed by atoms with van der Waals surface area (Å²) in [6.45, 7) is 7.75. The second kappa shape index (κ2) is 7.76. The quantitative estimate of drug-likeness (QED) is 0.698. The van der Waals surface area contributed by atoms with Gasteiger partial charge >= 0.3 is 0 Å². The zero-order valence-corrected chi connectivity index (χ0v) is 18.1. The number of primary amides is 1. The summed E-state index contributed by atoms with van der Waals surface area (Å²) in [6, 6.07) is 4.68. The van der Waals surface area contributed by atoms with E-state index in [2.05, 4.69) is 10.1 Å². The van der Waals surface area contributed by atoms with E-state index in [0.717, 1.165) is 28.1 Å². The maximum Gasteiger partial charge on any atom is 0.254 e. The fourth-order valence-electron chi connectivity index (χ4n) is 4.78. The molecule has 0 saturated heterocycles. The highest BCUT2D eigenvalue weighted by Gasteiger charge is 2.32. The third-order valence-electron chi connectivity index (χ3n) is 6.31. The van der Waals surface area contributed by atoms with Gasteiger partial charge in [-0.3, -0.25) is 9.59 Å². The molecular weight excluding hydrogens is 397 g/mol. The Morgan fingerprint density at radius 2 is 2.00 bits per heavy atom. The van der Waals surface area contributed by atoms with Crippen LogP contribution in [0.3, 0.4) is 0 Å². The Labute approximate surface area is 180 Å². The molecule has 2 amide bonds. The minimum absolute atomic E-state index is 0.0103. The van der Waals surface area contributed by atoms with Crippen LogP contribution >= 0.6 is 0 Å². The number of aromatic nitrogens is 3. The molecule has 1 aliphatic rings. The van der Waals surface area contributed by atoms with Crippen LogP contribution in [0.25, 0.3) is 5.65 Å². The number of hydrogen-bond acceptors (Lipinski definition) is 4. The monoisotopic (exact) mass is 423 g/mol. The van der Waals surface area contributed by atoms with Crippen molar-refractivity contribution >= 4 is 17.5 Å². The maximum atomic E-state index is 13.6. The predicted octanol–water partition coefficient (Wildman–Crippen LogP) is 3.05. The van der Waals surface area contributed by atoms with E-state index in [0.29, 0.717) is 24.9 Å². The highest BCUT2D eigenvalue weighted by atomic mass is 19.1. The fourth-order valence-corrected chi connectivity index (χ4v) is 4.78. The van der Waals surface area contributed by atoms with E-state index in [-0.39, 0.29) is 29.4 Å². The summed E-state index contributed by atoms with van der Waals surface area (Å²) in [4.78, 5) is 31.2. The number of benzene rings is 1. The molecule has 8 heteroatoms. The Bertz CT molecular complexity index is 1200. The molecule has 0 spiro atoms. The molecule has 4 rings (SSSR count). The zero-order valence-electron chi connectivity index (χ0n) is 18.1. The third-order valence-corrected chi connectivity index (χ3v) is 6.31. The number of carbonyl (C=O) groups excluding carboxylic acids is 2. The van der Waals surface area contributed by atoms with Crippen LogP contribution in [0.5, 0.6) is 0 Å². The Balaban J connectivity index is 1.57. The molecule has 0 bridgehead atoms. The summed E-state index contributed by atoms with van der Waals surface area (Å²) in [5.74, 6) is -0.769. The van der Waals surface area contributed by atoms with Crippen LogP contribution in [0.1, 0.15) is 64.7 Å². The van der Waals surface area contributed by atoms with Gasteiger partial charge in [-0.25, -0.2) is 13.9 Å². The molecule has 162 valence electrons. The number of nitrogens with two attached hydrogens (primary N) is 1. The Morgan fingerprint density at radius 3 is 2.71 bits per heavy atom. The normalized spacial score (nSPS) is 18.3. The number of nitrogens with zero attached hydrogens (tertiary/aromatic N) is 4. The van der Waals surface area contributed by atoms with Crippen molar-refractivity contribution in [3.05, 3.63) is 63.9 Å². The summed E-state index contributed by atoms with van der Waals surface area (Å²) in [6.07, 6.45) is 2.89. The van der Waals surface area contributed by atoms with E-state index in [1.807, 2.05) is 32.6 Å². The highest BCUT2D eigenvalue weighted by molar-refractivity contribution is 5.98. The summed E-state index contributed by atoms with van der Waals surface area (Å²) in [7, 11) is 0. The summed E-state index contributed by atoms with van der Waals surface area (Å²) in [5, 5.41) is 4.24. The molecule has 0 saturated carbocycles. The van der Waals surface area contributed by atoms with Gasteiger partial charge in [0.2, 0.25) is 5.91 Å². The van der Waals surface area contributed by atoms with Crippen LogP contribution in [0, 0.1) is 19.7 Å². The van der Waals surface area contributed by atoms with E-state index in [9.17, 15) is 14.0 Å². The molecule has 2 unspecified atom stereocenters. The first kappa shape index (κ1) is 21.0. The van der Waals surface area contributed by atoms with Gasteiger partial charge in [-0.1, -0.05) is 6.07 Å². The highest BCUT2D eigenvalue weighted by Crippen LogP contribution is 2.34. The van der Waals surface area contributed by atoms with E-state index < -0.39 is 5.91 Å². The number of fused-ring (bicyclic) bond motifs is 2. The molecular formula is C23H26FN5O2. The summed E-state index contributed by atoms with van der Waals surface area (Å²) >= 11 is 0. The molecule has 1 aromatic carbocycles. The molecule has 2 atom stereocenters. The SMILES string of the molecule is Cc1nc2c(C(N)=O)cnn2c(C)c1CCC(=O)N1C(C)Cc2cc(F)ccc2C1C. The lowest BCUT2D eigenvalue weighted by Crippen LogP contribution is -2.45. The Kier molecular flexibility index (Phi) is 5.24. The molecule has 0 aliphatic carbocycles. The fraction of sp³-hybridized carbons (Fsp3) is 0.391. The average molecular weight is 423 g/mol. The molecule has 1 aliphatic heterocycles. The lowest BCUT2D eigenvalue weighted by Gasteiger charge is -2.40. The Hall–Kier alpha value is -3.29. The topological polar surface area (TPSA) is 93.6 Å². The van der Waals surface area contributed by atoms with Crippen molar-refractivity contribution in [2.45, 2.75) is 59.0 Å². The van der Waals surface area contributed by atoms with Gasteiger partial charge in [-0.15, -0.1) is 0 Å². The molecule has 2 aromatic heterocycles. The summed E-state index contributed by atoms with van der Waals surface area (Å²) in [5.41, 5.74) is 10.6. The van der Waals surface area contributed by atoms with Crippen molar-refractivity contribution in [3.63, 3.8) is 0 Å². The first-order chi connectivity index (χ1) is 14.7. The zero-order chi connectivity index (χ0) is 22.4. The third kappa shape index (κ3) is 3.56. The van der Waals surface area contributed by atoms with E-state index >= 15 is 0 Å². The van der Waals surface area contributed by atoms with E-state index in [4.69, 9.17) is 5.73 Å². The van der Waals surface area contributed by atoms with Gasteiger partial charge in [0.05, 0.1) is 12.2 Å². The second-order valence-electron chi connectivity index (χ2n) is 8.29. The van der Waals surface area contributed by atoms with E-state index in [1.54, 1.807) is 16.6 Å². The van der Waals surface area contributed by atoms with Gasteiger partial charge in [-0.05, 0) is 69.4 Å². The van der Waals surface area contributed by atoms with Crippen LogP contribution in [0.15, 0.2) is 24.4 Å². The molecule has 31 heavy (non-hydrogen) atoms. The number of aryl methyl sites for hydroxylation is 2. The van der Waals surface area contributed by atoms with Gasteiger partial charge in [-0.2, -0.15) is 5.10 Å². The van der Waals surface area contributed by atoms with Gasteiger partial charge in [0, 0.05) is 23.9 Å². The second-order valence-corrected chi connectivity index (χ2v) is 8.29. The molecule has 2 N–H and O–H groups in total. The van der Waals surface area contributed by atoms with Crippen LogP contribution < -0.4 is 5.73 Å². The number of rotatable bonds is 4. The number of carbonyl (C=O) groups is 2. The minimum atomic E-state index is -0.572. The van der Waals surface area contributed by atoms with Crippen molar-refractivity contribution in [2.24, 2.45) is 5.73 Å². The first-order valence-corrected chi connectivity index (χ1v) is 10.4. The predicted molar refractivity (Wildman–Crippen MR) is 114 cm³/mol. The van der Waals surface area contributed by atoms with E-state index in [1.165, 1.54) is 12.3 Å². The van der Waals surface area contributed by atoms with Crippen LogP contribution in [-0.2, 0) is 17.6 Å². The Morgan fingerprint density at radius 1 is 1.26 bits per heavy atom. The lowest BCUT2D eigenvalue weighted by molar-refractivity contribution is -0.136. The molecule has 0 fully saturated rings. The summed E-state index contributed by atoms with van der Waals surface area (Å²) < 4.78 is 15.2. The molecule has 3 aromatic rings. The van der Waals surface area contributed by atoms with Gasteiger partial charge in [0.1, 0.15) is 11.4 Å². The minimum Gasteiger partial charge on any atom is -0.365 e. The van der Waals surface area contributed by atoms with Crippen LogP contribution in [-0.4, -0.2) is 37.4 Å². The van der Waals surface area contributed by atoms with Gasteiger partial charge < -0.3 is 10.6 Å². The first-order valence-electron chi connectivity index (χ1n) is 10.4. The van der Waals surface area contributed by atoms with Crippen molar-refractivity contribution in [1.82, 2.24) is 19.5 Å². The van der Waals surface area contributed by atoms with Crippen molar-refractivity contribution in [1.29, 1.82) is 0 Å². The molecule has 7 nitrogen and oxygen atoms in total. The van der Waals surface area contributed by atoms with Crippen molar-refractivity contribution < 1.29 is 14.0 Å². The number of amides is 2. The standard InChI is InChI=1S/C23H26FN5O2/c1-12-9-16-10-17(24)5-6-19(16)14(3)28(12)21(30)8-7-18-13(2)27-23-20(22(25)31)11-26-29(23)15(18)4/h5-6,10-12,14H,7-9H2,1-4H3,(H2,25,31). The van der Waals surface area contributed by atoms with Crippen molar-refractivity contribution in [2.75, 3.05) is 0 Å². The average Bonchev–Trinajstić information content (AvgIpc) is 3.11. The number of halogens is 1. The van der Waals surface area contributed by atoms with Gasteiger partial charge in [0.25, 0.3) is 5.91 Å². The van der Waals surface area contributed by atoms with Crippen molar-refractivity contribution in [3.8, 4) is 0 Å². The van der Waals surface area contributed by atoms with Crippen LogP contribution in [0.4, 0.5) is 4.39 Å².